The Labute approximate surface area is 59.1 Å². The van der Waals surface area contributed by atoms with Crippen LogP contribution >= 0.6 is 8.58 Å². The van der Waals surface area contributed by atoms with Crippen molar-refractivity contribution in [2.75, 3.05) is 12.5 Å². The lowest BCUT2D eigenvalue weighted by Crippen LogP contribution is -3.00. The van der Waals surface area contributed by atoms with Gasteiger partial charge in [0.2, 0.25) is 0 Å². The summed E-state index contributed by atoms with van der Waals surface area (Å²) < 4.78 is 0. The van der Waals surface area contributed by atoms with E-state index in [1.54, 1.807) is 0 Å². The minimum Gasteiger partial charge on any atom is -1.00 e. The van der Waals surface area contributed by atoms with E-state index in [-0.39, 0.29) is 12.4 Å². The van der Waals surface area contributed by atoms with Crippen molar-refractivity contribution in [2.24, 2.45) is 0 Å². The van der Waals surface area contributed by atoms with Crippen LogP contribution in [0.4, 0.5) is 0 Å². The fraction of sp³-hybridized carbons (Fsp3) is 1.00. The Hall–Kier alpha value is 0.680. The van der Waals surface area contributed by atoms with Gasteiger partial charge in [-0.15, -0.1) is 0 Å². The fourth-order valence-corrected chi connectivity index (χ4v) is 1.32. The van der Waals surface area contributed by atoms with Crippen LogP contribution in [0.1, 0.15) is 19.8 Å². The van der Waals surface area contributed by atoms with Gasteiger partial charge in [-0.3, -0.25) is 0 Å². The molecule has 52 valence electrons. The zero-order chi connectivity index (χ0) is 5.54. The third kappa shape index (κ3) is 9.84. The molecule has 1 N–H and O–H groups in total. The SMILES string of the molecule is CCCC[PH2+]CO.[Cl-]. The number of unbranched alkanes of at least 4 members (excludes halogenated alkanes) is 1. The topological polar surface area (TPSA) is 20.2 Å². The lowest BCUT2D eigenvalue weighted by atomic mass is 10.4. The predicted octanol–water partition coefficient (Wildman–Crippen LogP) is -1.85. The van der Waals surface area contributed by atoms with Crippen LogP contribution in [0.3, 0.4) is 0 Å². The van der Waals surface area contributed by atoms with E-state index in [4.69, 9.17) is 5.11 Å². The number of hydrogen-bond acceptors (Lipinski definition) is 1. The summed E-state index contributed by atoms with van der Waals surface area (Å²) in [7, 11) is 0.372. The van der Waals surface area contributed by atoms with Crippen LogP contribution in [0.25, 0.3) is 0 Å². The molecular formula is C5H14ClOP. The van der Waals surface area contributed by atoms with E-state index in [9.17, 15) is 0 Å². The number of aliphatic hydroxyl groups excluding tert-OH is 1. The van der Waals surface area contributed by atoms with Gasteiger partial charge in [-0.05, 0) is 6.42 Å². The maximum atomic E-state index is 8.33. The third-order valence-electron chi connectivity index (χ3n) is 0.891. The van der Waals surface area contributed by atoms with E-state index < -0.39 is 0 Å². The van der Waals surface area contributed by atoms with Gasteiger partial charge in [-0.2, -0.15) is 0 Å². The zero-order valence-corrected chi connectivity index (χ0v) is 7.14. The first-order valence-electron chi connectivity index (χ1n) is 2.84. The summed E-state index contributed by atoms with van der Waals surface area (Å²) in [6.45, 7) is 2.18. The van der Waals surface area contributed by atoms with E-state index >= 15 is 0 Å². The maximum Gasteiger partial charge on any atom is 0.149 e. The average Bonchev–Trinajstić information content (AvgIpc) is 1.69. The van der Waals surface area contributed by atoms with Crippen LogP contribution in [0, 0.1) is 0 Å². The first-order valence-corrected chi connectivity index (χ1v) is 4.47. The molecule has 1 nitrogen and oxygen atoms in total. The first kappa shape index (κ1) is 11.5. The molecule has 0 fully saturated rings. The molecule has 0 aliphatic carbocycles. The molecule has 0 saturated heterocycles. The van der Waals surface area contributed by atoms with Crippen LogP contribution in [-0.2, 0) is 0 Å². The largest absolute Gasteiger partial charge is 1.00 e. The molecule has 0 heterocycles. The zero-order valence-electron chi connectivity index (χ0n) is 5.23. The van der Waals surface area contributed by atoms with Crippen molar-refractivity contribution in [2.45, 2.75) is 19.8 Å². The molecule has 0 radical (unpaired) electrons. The van der Waals surface area contributed by atoms with Gasteiger partial charge in [0, 0.05) is 8.58 Å². The Morgan fingerprint density at radius 2 is 2.12 bits per heavy atom. The second-order valence-electron chi connectivity index (χ2n) is 1.61. The number of halogens is 1. The van der Waals surface area contributed by atoms with E-state index in [1.807, 2.05) is 0 Å². The molecule has 0 aromatic carbocycles. The highest BCUT2D eigenvalue weighted by molar-refractivity contribution is 7.37. The van der Waals surface area contributed by atoms with Crippen molar-refractivity contribution < 1.29 is 17.5 Å². The second-order valence-corrected chi connectivity index (χ2v) is 3.13. The summed E-state index contributed by atoms with van der Waals surface area (Å²) in [5.41, 5.74) is 0. The van der Waals surface area contributed by atoms with Crippen LogP contribution in [0.15, 0.2) is 0 Å². The van der Waals surface area contributed by atoms with Gasteiger partial charge >= 0.3 is 0 Å². The van der Waals surface area contributed by atoms with Gasteiger partial charge in [0.1, 0.15) is 6.35 Å². The van der Waals surface area contributed by atoms with E-state index in [1.165, 1.54) is 19.0 Å². The Kier molecular flexibility index (Phi) is 15.2. The van der Waals surface area contributed by atoms with Crippen molar-refractivity contribution in [3.63, 3.8) is 0 Å². The van der Waals surface area contributed by atoms with Crippen LogP contribution < -0.4 is 12.4 Å². The van der Waals surface area contributed by atoms with E-state index in [0.29, 0.717) is 14.9 Å². The summed E-state index contributed by atoms with van der Waals surface area (Å²) in [5, 5.41) is 8.33. The molecule has 1 atom stereocenters. The van der Waals surface area contributed by atoms with Crippen molar-refractivity contribution in [3.05, 3.63) is 0 Å². The van der Waals surface area contributed by atoms with Crippen molar-refractivity contribution >= 4 is 8.58 Å². The molecule has 0 saturated carbocycles. The second kappa shape index (κ2) is 10.6. The summed E-state index contributed by atoms with van der Waals surface area (Å²) in [6.07, 6.45) is 4.29. The lowest BCUT2D eigenvalue weighted by molar-refractivity contribution is -0.00000237. The molecule has 8 heavy (non-hydrogen) atoms. The van der Waals surface area contributed by atoms with Crippen molar-refractivity contribution in [1.82, 2.24) is 0 Å². The molecule has 0 amide bonds. The van der Waals surface area contributed by atoms with E-state index in [0.717, 1.165) is 0 Å². The molecule has 1 unspecified atom stereocenters. The Balaban J connectivity index is 0. The molecule has 0 aliphatic heterocycles. The average molecular weight is 157 g/mol. The summed E-state index contributed by atoms with van der Waals surface area (Å²) >= 11 is 0. The van der Waals surface area contributed by atoms with Crippen molar-refractivity contribution in [1.29, 1.82) is 0 Å². The van der Waals surface area contributed by atoms with Crippen LogP contribution in [-0.4, -0.2) is 17.6 Å². The van der Waals surface area contributed by atoms with Gasteiger partial charge in [-0.25, -0.2) is 0 Å². The summed E-state index contributed by atoms with van der Waals surface area (Å²) in [5.74, 6) is 0. The Morgan fingerprint density at radius 3 is 2.50 bits per heavy atom. The molecule has 3 heteroatoms. The van der Waals surface area contributed by atoms with Gasteiger partial charge in [-0.1, -0.05) is 13.3 Å². The van der Waals surface area contributed by atoms with Crippen LogP contribution in [0.5, 0.6) is 0 Å². The lowest BCUT2D eigenvalue weighted by Gasteiger charge is -1.84. The van der Waals surface area contributed by atoms with Gasteiger partial charge in [0.25, 0.3) is 0 Å². The molecular weight excluding hydrogens is 142 g/mol. The van der Waals surface area contributed by atoms with Crippen LogP contribution in [0.2, 0.25) is 0 Å². The molecule has 0 spiro atoms. The normalized spacial score (nSPS) is 9.75. The minimum atomic E-state index is 0. The smallest absolute Gasteiger partial charge is 0.149 e. The molecule has 0 aromatic heterocycles. The summed E-state index contributed by atoms with van der Waals surface area (Å²) in [4.78, 5) is 0. The minimum absolute atomic E-state index is 0. The molecule has 0 bridgehead atoms. The molecule has 0 aliphatic rings. The number of rotatable bonds is 4. The van der Waals surface area contributed by atoms with Gasteiger partial charge in [0.05, 0.1) is 6.16 Å². The fourth-order valence-electron chi connectivity index (χ4n) is 0.440. The highest BCUT2D eigenvalue weighted by atomic mass is 35.5. The predicted molar refractivity (Wildman–Crippen MR) is 36.6 cm³/mol. The Bertz CT molecular complexity index is 31.6. The van der Waals surface area contributed by atoms with E-state index in [2.05, 4.69) is 6.92 Å². The number of aliphatic hydroxyl groups is 1. The molecule has 0 rings (SSSR count). The van der Waals surface area contributed by atoms with Gasteiger partial charge in [0.15, 0.2) is 0 Å². The highest BCUT2D eigenvalue weighted by Crippen LogP contribution is 2.08. The maximum absolute atomic E-state index is 8.33. The Morgan fingerprint density at radius 1 is 1.50 bits per heavy atom. The summed E-state index contributed by atoms with van der Waals surface area (Å²) in [6, 6.07) is 0. The van der Waals surface area contributed by atoms with Gasteiger partial charge < -0.3 is 17.5 Å². The number of hydrogen-bond donors (Lipinski definition) is 1. The third-order valence-corrected chi connectivity index (χ3v) is 1.97. The first-order chi connectivity index (χ1) is 3.41. The van der Waals surface area contributed by atoms with Crippen molar-refractivity contribution in [3.8, 4) is 0 Å². The molecule has 0 aromatic rings. The quantitative estimate of drug-likeness (QED) is 0.375. The monoisotopic (exact) mass is 156 g/mol. The highest BCUT2D eigenvalue weighted by Gasteiger charge is 1.87. The standard InChI is InChI=1S/C5H13OP.ClH/c1-2-3-4-7-5-6;/h6-7H,2-5H2,1H3;1H.